The van der Waals surface area contributed by atoms with Gasteiger partial charge in [-0.2, -0.15) is 5.10 Å². The first-order chi connectivity index (χ1) is 13.4. The van der Waals surface area contributed by atoms with Gasteiger partial charge in [-0.15, -0.1) is 0 Å². The lowest BCUT2D eigenvalue weighted by Crippen LogP contribution is -2.65. The Bertz CT molecular complexity index is 902. The van der Waals surface area contributed by atoms with Gasteiger partial charge in [-0.3, -0.25) is 9.89 Å². The summed E-state index contributed by atoms with van der Waals surface area (Å²) in [5, 5.41) is 6.63. The number of rotatable bonds is 2. The van der Waals surface area contributed by atoms with Gasteiger partial charge in [0, 0.05) is 36.2 Å². The van der Waals surface area contributed by atoms with E-state index in [0.717, 1.165) is 23.5 Å². The highest BCUT2D eigenvalue weighted by molar-refractivity contribution is 5.92. The van der Waals surface area contributed by atoms with Crippen molar-refractivity contribution in [2.24, 2.45) is 11.3 Å². The maximum Gasteiger partial charge on any atom is 0.271 e. The molecule has 148 valence electrons. The molecule has 1 N–H and O–H groups in total. The van der Waals surface area contributed by atoms with Crippen LogP contribution in [0, 0.1) is 11.3 Å². The molecular formula is C21H25N3O4. The van der Waals surface area contributed by atoms with E-state index in [1.54, 1.807) is 19.4 Å². The van der Waals surface area contributed by atoms with Crippen molar-refractivity contribution in [2.45, 2.75) is 32.0 Å². The largest absolute Gasteiger partial charge is 0.493 e. The molecule has 5 rings (SSSR count). The molecule has 4 heterocycles. The van der Waals surface area contributed by atoms with Crippen molar-refractivity contribution in [2.75, 3.05) is 26.8 Å². The Morgan fingerprint density at radius 2 is 2.14 bits per heavy atom. The monoisotopic (exact) mass is 383 g/mol. The molecule has 1 aromatic carbocycles. The number of aromatic nitrogens is 2. The fourth-order valence-electron chi connectivity index (χ4n) is 4.97. The third-order valence-electron chi connectivity index (χ3n) is 6.45. The fraction of sp³-hybridized carbons (Fsp3) is 0.524. The zero-order valence-electron chi connectivity index (χ0n) is 16.4. The van der Waals surface area contributed by atoms with Crippen molar-refractivity contribution in [3.63, 3.8) is 0 Å². The number of nitrogens with one attached hydrogen (secondary N) is 1. The van der Waals surface area contributed by atoms with E-state index >= 15 is 0 Å². The maximum absolute atomic E-state index is 12.5. The Morgan fingerprint density at radius 3 is 2.86 bits per heavy atom. The van der Waals surface area contributed by atoms with E-state index in [1.165, 1.54) is 0 Å². The molecule has 2 atom stereocenters. The lowest BCUT2D eigenvalue weighted by atomic mass is 9.64. The molecule has 1 amide bonds. The van der Waals surface area contributed by atoms with E-state index in [0.29, 0.717) is 25.4 Å². The first kappa shape index (κ1) is 17.6. The highest BCUT2D eigenvalue weighted by atomic mass is 16.5. The van der Waals surface area contributed by atoms with Gasteiger partial charge in [0.05, 0.1) is 19.8 Å². The van der Waals surface area contributed by atoms with Crippen molar-refractivity contribution in [1.82, 2.24) is 15.1 Å². The van der Waals surface area contributed by atoms with Gasteiger partial charge in [0.15, 0.2) is 11.5 Å². The van der Waals surface area contributed by atoms with Crippen LogP contribution in [0.1, 0.15) is 42.4 Å². The normalized spacial score (nSPS) is 26.6. The standard InChI is InChI=1S/C21H25N3O4/c1-20(2)14-9-21(10-24(11-21)19(25)15-7-8-22-23-15)12-27-17(14)13-5-4-6-16(26-3)18(13)28-20/h4-8,14,17H,9-12H2,1-3H3,(H,22,23)/t14-,17+/m0/s1. The number of carbonyl (C=O) groups excluding carboxylic acids is 1. The Labute approximate surface area is 164 Å². The summed E-state index contributed by atoms with van der Waals surface area (Å²) in [6.45, 7) is 6.29. The van der Waals surface area contributed by atoms with Crippen LogP contribution in [0.15, 0.2) is 30.5 Å². The van der Waals surface area contributed by atoms with Crippen molar-refractivity contribution in [3.05, 3.63) is 41.7 Å². The summed E-state index contributed by atoms with van der Waals surface area (Å²) in [6, 6.07) is 7.68. The molecule has 2 saturated heterocycles. The first-order valence-corrected chi connectivity index (χ1v) is 9.69. The molecule has 2 aromatic rings. The van der Waals surface area contributed by atoms with Crippen molar-refractivity contribution in [3.8, 4) is 11.5 Å². The molecule has 2 fully saturated rings. The maximum atomic E-state index is 12.5. The molecule has 0 aliphatic carbocycles. The molecule has 3 aliphatic heterocycles. The van der Waals surface area contributed by atoms with Crippen molar-refractivity contribution < 1.29 is 19.0 Å². The predicted octanol–water partition coefficient (Wildman–Crippen LogP) is 2.81. The molecule has 1 aromatic heterocycles. The number of H-pyrrole nitrogens is 1. The molecule has 0 saturated carbocycles. The van der Waals surface area contributed by atoms with Crippen LogP contribution in [0.2, 0.25) is 0 Å². The molecule has 1 spiro atoms. The average Bonchev–Trinajstić information content (AvgIpc) is 3.19. The molecule has 28 heavy (non-hydrogen) atoms. The van der Waals surface area contributed by atoms with Gasteiger partial charge in [-0.05, 0) is 32.4 Å². The second kappa shape index (κ2) is 5.98. The molecule has 0 bridgehead atoms. The summed E-state index contributed by atoms with van der Waals surface area (Å²) in [4.78, 5) is 14.4. The number of hydrogen-bond acceptors (Lipinski definition) is 5. The van der Waals surface area contributed by atoms with Crippen LogP contribution >= 0.6 is 0 Å². The molecule has 7 heteroatoms. The van der Waals surface area contributed by atoms with Crippen molar-refractivity contribution in [1.29, 1.82) is 0 Å². The zero-order valence-corrected chi connectivity index (χ0v) is 16.4. The predicted molar refractivity (Wildman–Crippen MR) is 101 cm³/mol. The SMILES string of the molecule is COc1cccc2c1OC(C)(C)[C@H]1CC3(CO[C@H]21)CN(C(=O)c1ccn[nH]1)C3. The highest BCUT2D eigenvalue weighted by Gasteiger charge is 2.57. The van der Waals surface area contributed by atoms with E-state index in [-0.39, 0.29) is 28.9 Å². The molecule has 0 radical (unpaired) electrons. The minimum absolute atomic E-state index is 0.000477. The van der Waals surface area contributed by atoms with E-state index in [1.807, 2.05) is 17.0 Å². The van der Waals surface area contributed by atoms with Gasteiger partial charge in [-0.1, -0.05) is 12.1 Å². The second-order valence-electron chi connectivity index (χ2n) is 8.76. The van der Waals surface area contributed by atoms with Gasteiger partial charge < -0.3 is 19.1 Å². The minimum Gasteiger partial charge on any atom is -0.493 e. The van der Waals surface area contributed by atoms with Gasteiger partial charge in [0.25, 0.3) is 5.91 Å². The van der Waals surface area contributed by atoms with Gasteiger partial charge in [0.1, 0.15) is 11.3 Å². The molecule has 7 nitrogen and oxygen atoms in total. The van der Waals surface area contributed by atoms with E-state index in [4.69, 9.17) is 14.2 Å². The van der Waals surface area contributed by atoms with Gasteiger partial charge >= 0.3 is 0 Å². The number of amides is 1. The number of methoxy groups -OCH3 is 1. The zero-order chi connectivity index (χ0) is 19.5. The topological polar surface area (TPSA) is 76.7 Å². The number of hydrogen-bond donors (Lipinski definition) is 1. The van der Waals surface area contributed by atoms with Crippen LogP contribution in [0.25, 0.3) is 0 Å². The van der Waals surface area contributed by atoms with Crippen LogP contribution in [0.4, 0.5) is 0 Å². The number of nitrogens with zero attached hydrogens (tertiary/aromatic N) is 2. The van der Waals surface area contributed by atoms with Crippen LogP contribution < -0.4 is 9.47 Å². The lowest BCUT2D eigenvalue weighted by molar-refractivity contribution is -0.192. The fourth-order valence-corrected chi connectivity index (χ4v) is 4.97. The van der Waals surface area contributed by atoms with Gasteiger partial charge in [0.2, 0.25) is 0 Å². The van der Waals surface area contributed by atoms with E-state index < -0.39 is 0 Å². The number of aromatic amines is 1. The summed E-state index contributed by atoms with van der Waals surface area (Å²) in [7, 11) is 1.66. The minimum atomic E-state index is -0.381. The Hall–Kier alpha value is -2.54. The quantitative estimate of drug-likeness (QED) is 0.863. The van der Waals surface area contributed by atoms with Crippen LogP contribution in [-0.2, 0) is 4.74 Å². The third kappa shape index (κ3) is 2.53. The van der Waals surface area contributed by atoms with E-state index in [9.17, 15) is 4.79 Å². The number of benzene rings is 1. The summed E-state index contributed by atoms with van der Waals surface area (Å²) in [6.07, 6.45) is 2.55. The Kier molecular flexibility index (Phi) is 3.75. The summed E-state index contributed by atoms with van der Waals surface area (Å²) < 4.78 is 18.3. The lowest BCUT2D eigenvalue weighted by Gasteiger charge is -2.58. The van der Waals surface area contributed by atoms with E-state index in [2.05, 4.69) is 30.1 Å². The van der Waals surface area contributed by atoms with Crippen molar-refractivity contribution >= 4 is 5.91 Å². The number of likely N-dealkylation sites (tertiary alicyclic amines) is 1. The van der Waals surface area contributed by atoms with Gasteiger partial charge in [-0.25, -0.2) is 0 Å². The van der Waals surface area contributed by atoms with Crippen LogP contribution in [0.5, 0.6) is 11.5 Å². The number of fused-ring (bicyclic) bond motifs is 3. The summed E-state index contributed by atoms with van der Waals surface area (Å²) in [5.74, 6) is 1.74. The highest BCUT2D eigenvalue weighted by Crippen LogP contribution is 2.56. The Morgan fingerprint density at radius 1 is 1.32 bits per heavy atom. The Balaban J connectivity index is 1.37. The second-order valence-corrected chi connectivity index (χ2v) is 8.76. The summed E-state index contributed by atoms with van der Waals surface area (Å²) in [5.41, 5.74) is 1.21. The smallest absolute Gasteiger partial charge is 0.271 e. The number of carbonyl (C=O) groups is 1. The molecule has 0 unspecified atom stereocenters. The first-order valence-electron chi connectivity index (χ1n) is 9.69. The molecule has 3 aliphatic rings. The van der Waals surface area contributed by atoms with Crippen LogP contribution in [-0.4, -0.2) is 53.4 Å². The average molecular weight is 383 g/mol. The molecular weight excluding hydrogens is 358 g/mol. The number of para-hydroxylation sites is 1. The summed E-state index contributed by atoms with van der Waals surface area (Å²) >= 11 is 0. The van der Waals surface area contributed by atoms with Crippen LogP contribution in [0.3, 0.4) is 0 Å². The number of ether oxygens (including phenoxy) is 3. The third-order valence-corrected chi connectivity index (χ3v) is 6.45.